The number of hydrogen-bond acceptors (Lipinski definition) is 4. The summed E-state index contributed by atoms with van der Waals surface area (Å²) in [4.78, 5) is 7.89. The van der Waals surface area contributed by atoms with Crippen LogP contribution < -0.4 is 5.32 Å². The summed E-state index contributed by atoms with van der Waals surface area (Å²) >= 11 is 5.69. The average Bonchev–Trinajstić information content (AvgIpc) is 2.74. The Labute approximate surface area is 100 Å². The van der Waals surface area contributed by atoms with Crippen LogP contribution in [0.15, 0.2) is 12.3 Å². The molecule has 0 aliphatic heterocycles. The standard InChI is InChI=1S/C11H16ClN3O/c12-11-13-5-4-10(15-11)14-6-8-2-1-3-9(8)7-16/h4-5,8-9,16H,1-3,6-7H2,(H,13,14,15). The molecule has 0 bridgehead atoms. The summed E-state index contributed by atoms with van der Waals surface area (Å²) in [5.74, 6) is 1.73. The molecule has 0 aromatic carbocycles. The van der Waals surface area contributed by atoms with E-state index >= 15 is 0 Å². The van der Waals surface area contributed by atoms with Gasteiger partial charge in [-0.2, -0.15) is 0 Å². The molecule has 1 aromatic heterocycles. The van der Waals surface area contributed by atoms with Gasteiger partial charge in [0.15, 0.2) is 0 Å². The fourth-order valence-corrected chi connectivity index (χ4v) is 2.44. The molecule has 1 fully saturated rings. The third-order valence-corrected chi connectivity index (χ3v) is 3.40. The van der Waals surface area contributed by atoms with Crippen molar-refractivity contribution in [2.24, 2.45) is 11.8 Å². The van der Waals surface area contributed by atoms with Crippen LogP contribution in [0.3, 0.4) is 0 Å². The summed E-state index contributed by atoms with van der Waals surface area (Å²) < 4.78 is 0. The fraction of sp³-hybridized carbons (Fsp3) is 0.636. The van der Waals surface area contributed by atoms with E-state index in [0.29, 0.717) is 11.8 Å². The highest BCUT2D eigenvalue weighted by Crippen LogP contribution is 2.31. The van der Waals surface area contributed by atoms with Crippen LogP contribution in [0.4, 0.5) is 5.82 Å². The Hall–Kier alpha value is -0.870. The number of aliphatic hydroxyl groups excluding tert-OH is 1. The van der Waals surface area contributed by atoms with Crippen LogP contribution in [-0.2, 0) is 0 Å². The minimum Gasteiger partial charge on any atom is -0.396 e. The summed E-state index contributed by atoms with van der Waals surface area (Å²) in [5.41, 5.74) is 0. The first-order valence-electron chi connectivity index (χ1n) is 5.63. The molecule has 1 aliphatic rings. The van der Waals surface area contributed by atoms with Gasteiger partial charge in [-0.3, -0.25) is 0 Å². The van der Waals surface area contributed by atoms with E-state index < -0.39 is 0 Å². The summed E-state index contributed by atoms with van der Waals surface area (Å²) in [7, 11) is 0. The maximum absolute atomic E-state index is 9.20. The van der Waals surface area contributed by atoms with Gasteiger partial charge in [-0.05, 0) is 42.3 Å². The number of hydrogen-bond donors (Lipinski definition) is 2. The lowest BCUT2D eigenvalue weighted by molar-refractivity contribution is 0.199. The van der Waals surface area contributed by atoms with Crippen molar-refractivity contribution in [3.05, 3.63) is 17.5 Å². The maximum atomic E-state index is 9.20. The van der Waals surface area contributed by atoms with Gasteiger partial charge in [0.05, 0.1) is 0 Å². The predicted octanol–water partition coefficient (Wildman–Crippen LogP) is 1.95. The van der Waals surface area contributed by atoms with Gasteiger partial charge in [0.1, 0.15) is 5.82 Å². The second-order valence-electron chi connectivity index (χ2n) is 4.23. The van der Waals surface area contributed by atoms with Crippen molar-refractivity contribution in [2.75, 3.05) is 18.5 Å². The Morgan fingerprint density at radius 2 is 2.25 bits per heavy atom. The van der Waals surface area contributed by atoms with Gasteiger partial charge in [0.2, 0.25) is 5.28 Å². The van der Waals surface area contributed by atoms with E-state index in [-0.39, 0.29) is 11.9 Å². The normalized spacial score (nSPS) is 24.6. The molecule has 1 saturated carbocycles. The van der Waals surface area contributed by atoms with Gasteiger partial charge in [0, 0.05) is 19.3 Å². The molecule has 2 unspecified atom stereocenters. The molecular formula is C11H16ClN3O. The molecule has 1 aliphatic carbocycles. The van der Waals surface area contributed by atoms with Crippen LogP contribution in [0.1, 0.15) is 19.3 Å². The van der Waals surface area contributed by atoms with E-state index in [1.54, 1.807) is 12.3 Å². The Morgan fingerprint density at radius 3 is 3.00 bits per heavy atom. The number of rotatable bonds is 4. The highest BCUT2D eigenvalue weighted by atomic mass is 35.5. The van der Waals surface area contributed by atoms with Crippen molar-refractivity contribution in [1.82, 2.24) is 9.97 Å². The first kappa shape index (κ1) is 11.6. The van der Waals surface area contributed by atoms with Crippen LogP contribution in [0.25, 0.3) is 0 Å². The van der Waals surface area contributed by atoms with E-state index in [4.69, 9.17) is 11.6 Å². The van der Waals surface area contributed by atoms with E-state index in [2.05, 4.69) is 15.3 Å². The van der Waals surface area contributed by atoms with Crippen molar-refractivity contribution in [1.29, 1.82) is 0 Å². The maximum Gasteiger partial charge on any atom is 0.224 e. The van der Waals surface area contributed by atoms with Crippen molar-refractivity contribution in [2.45, 2.75) is 19.3 Å². The van der Waals surface area contributed by atoms with Gasteiger partial charge in [-0.1, -0.05) is 6.42 Å². The number of aromatic nitrogens is 2. The third kappa shape index (κ3) is 2.83. The molecule has 16 heavy (non-hydrogen) atoms. The molecule has 1 aromatic rings. The van der Waals surface area contributed by atoms with Crippen LogP contribution in [0, 0.1) is 11.8 Å². The second-order valence-corrected chi connectivity index (χ2v) is 4.56. The minimum atomic E-state index is 0.259. The highest BCUT2D eigenvalue weighted by Gasteiger charge is 2.26. The molecule has 2 atom stereocenters. The Bertz CT molecular complexity index is 348. The lowest BCUT2D eigenvalue weighted by Gasteiger charge is -2.17. The molecule has 88 valence electrons. The summed E-state index contributed by atoms with van der Waals surface area (Å²) in [6.07, 6.45) is 5.16. The van der Waals surface area contributed by atoms with E-state index in [9.17, 15) is 5.11 Å². The lowest BCUT2D eigenvalue weighted by atomic mass is 9.97. The van der Waals surface area contributed by atoms with Gasteiger partial charge >= 0.3 is 0 Å². The number of nitrogens with one attached hydrogen (secondary N) is 1. The Morgan fingerprint density at radius 1 is 1.44 bits per heavy atom. The average molecular weight is 242 g/mol. The van der Waals surface area contributed by atoms with Gasteiger partial charge in [-0.25, -0.2) is 9.97 Å². The molecule has 2 N–H and O–H groups in total. The fourth-order valence-electron chi connectivity index (χ4n) is 2.29. The van der Waals surface area contributed by atoms with Gasteiger partial charge in [0.25, 0.3) is 0 Å². The summed E-state index contributed by atoms with van der Waals surface area (Å²) in [6, 6.07) is 1.80. The molecule has 1 heterocycles. The van der Waals surface area contributed by atoms with E-state index in [0.717, 1.165) is 18.8 Å². The van der Waals surface area contributed by atoms with Crippen molar-refractivity contribution >= 4 is 17.4 Å². The highest BCUT2D eigenvalue weighted by molar-refractivity contribution is 6.28. The van der Waals surface area contributed by atoms with Crippen molar-refractivity contribution < 1.29 is 5.11 Å². The third-order valence-electron chi connectivity index (χ3n) is 3.22. The number of anilines is 1. The topological polar surface area (TPSA) is 58.0 Å². The predicted molar refractivity (Wildman–Crippen MR) is 63.4 cm³/mol. The van der Waals surface area contributed by atoms with Crippen LogP contribution in [0.2, 0.25) is 5.28 Å². The molecule has 4 nitrogen and oxygen atoms in total. The lowest BCUT2D eigenvalue weighted by Crippen LogP contribution is -2.21. The van der Waals surface area contributed by atoms with E-state index in [1.807, 2.05) is 0 Å². The summed E-state index contributed by atoms with van der Waals surface area (Å²) in [6.45, 7) is 1.13. The molecular weight excluding hydrogens is 226 g/mol. The first-order chi connectivity index (χ1) is 7.79. The van der Waals surface area contributed by atoms with Gasteiger partial charge < -0.3 is 10.4 Å². The molecule has 2 rings (SSSR count). The quantitative estimate of drug-likeness (QED) is 0.792. The molecule has 0 radical (unpaired) electrons. The smallest absolute Gasteiger partial charge is 0.224 e. The zero-order valence-corrected chi connectivity index (χ0v) is 9.82. The van der Waals surface area contributed by atoms with Gasteiger partial charge in [-0.15, -0.1) is 0 Å². The second kappa shape index (κ2) is 5.46. The largest absolute Gasteiger partial charge is 0.396 e. The zero-order valence-electron chi connectivity index (χ0n) is 9.06. The first-order valence-corrected chi connectivity index (χ1v) is 6.00. The SMILES string of the molecule is OCC1CCCC1CNc1ccnc(Cl)n1. The number of halogens is 1. The zero-order chi connectivity index (χ0) is 11.4. The molecule has 0 saturated heterocycles. The Balaban J connectivity index is 1.87. The van der Waals surface area contributed by atoms with Crippen LogP contribution in [0.5, 0.6) is 0 Å². The molecule has 0 spiro atoms. The molecule has 5 heteroatoms. The number of nitrogens with zero attached hydrogens (tertiary/aromatic N) is 2. The Kier molecular flexibility index (Phi) is 3.96. The monoisotopic (exact) mass is 241 g/mol. The van der Waals surface area contributed by atoms with Crippen LogP contribution >= 0.6 is 11.6 Å². The number of aliphatic hydroxyl groups is 1. The summed E-state index contributed by atoms with van der Waals surface area (Å²) in [5, 5.41) is 12.7. The van der Waals surface area contributed by atoms with E-state index in [1.165, 1.54) is 12.8 Å². The minimum absolute atomic E-state index is 0.259. The van der Waals surface area contributed by atoms with Crippen molar-refractivity contribution in [3.63, 3.8) is 0 Å². The van der Waals surface area contributed by atoms with Crippen LogP contribution in [-0.4, -0.2) is 28.2 Å². The molecule has 0 amide bonds. The van der Waals surface area contributed by atoms with Crippen molar-refractivity contribution in [3.8, 4) is 0 Å².